The molecule has 4 heteroatoms. The highest BCUT2D eigenvalue weighted by molar-refractivity contribution is 5.97. The molecule has 0 aromatic heterocycles. The molecule has 16 heavy (non-hydrogen) atoms. The van der Waals surface area contributed by atoms with Crippen molar-refractivity contribution in [1.29, 1.82) is 0 Å². The Bertz CT molecular complexity index is 404. The van der Waals surface area contributed by atoms with Crippen LogP contribution in [0.3, 0.4) is 0 Å². The van der Waals surface area contributed by atoms with Crippen LogP contribution in [-0.2, 0) is 11.2 Å². The fourth-order valence-electron chi connectivity index (χ4n) is 2.17. The number of hydrogen-bond donors (Lipinski definition) is 2. The molecule has 0 unspecified atom stereocenters. The third-order valence-electron chi connectivity index (χ3n) is 2.92. The Kier molecular flexibility index (Phi) is 3.10. The number of aliphatic hydroxyl groups is 1. The van der Waals surface area contributed by atoms with Gasteiger partial charge in [-0.05, 0) is 24.1 Å². The zero-order valence-corrected chi connectivity index (χ0v) is 9.36. The smallest absolute Gasteiger partial charge is 0.227 e. The Morgan fingerprint density at radius 2 is 2.25 bits per heavy atom. The lowest BCUT2D eigenvalue weighted by atomic mass is 9.99. The van der Waals surface area contributed by atoms with Gasteiger partial charge in [-0.3, -0.25) is 4.79 Å². The van der Waals surface area contributed by atoms with Gasteiger partial charge in [0.25, 0.3) is 0 Å². The second-order valence-electron chi connectivity index (χ2n) is 3.82. The van der Waals surface area contributed by atoms with Crippen molar-refractivity contribution in [3.05, 3.63) is 23.8 Å². The van der Waals surface area contributed by atoms with E-state index in [0.29, 0.717) is 13.0 Å². The third-order valence-corrected chi connectivity index (χ3v) is 2.92. The molecule has 0 saturated carbocycles. The molecule has 0 bridgehead atoms. The summed E-state index contributed by atoms with van der Waals surface area (Å²) in [4.78, 5) is 13.4. The lowest BCUT2D eigenvalue weighted by Gasteiger charge is -2.30. The quantitative estimate of drug-likeness (QED) is 0.799. The fourth-order valence-corrected chi connectivity index (χ4v) is 2.17. The average molecular weight is 220 g/mol. The van der Waals surface area contributed by atoms with Crippen molar-refractivity contribution in [2.75, 3.05) is 30.4 Å². The molecule has 86 valence electrons. The standard InChI is InChI=1S/C12H16N2O2/c1-13-10-3-2-4-11-9(10)5-6-12(16)14(11)7-8-15/h2-4,13,15H,5-8H2,1H3. The van der Waals surface area contributed by atoms with E-state index in [4.69, 9.17) is 5.11 Å². The molecule has 1 aliphatic rings. The summed E-state index contributed by atoms with van der Waals surface area (Å²) in [5.41, 5.74) is 3.16. The van der Waals surface area contributed by atoms with Crippen LogP contribution in [0, 0.1) is 0 Å². The van der Waals surface area contributed by atoms with Gasteiger partial charge in [0.2, 0.25) is 5.91 Å². The second-order valence-corrected chi connectivity index (χ2v) is 3.82. The summed E-state index contributed by atoms with van der Waals surface area (Å²) in [5.74, 6) is 0.0924. The number of aliphatic hydroxyl groups excluding tert-OH is 1. The van der Waals surface area contributed by atoms with E-state index in [1.54, 1.807) is 4.90 Å². The molecule has 0 saturated heterocycles. The maximum Gasteiger partial charge on any atom is 0.227 e. The van der Waals surface area contributed by atoms with E-state index in [1.807, 2.05) is 25.2 Å². The molecule has 4 nitrogen and oxygen atoms in total. The minimum Gasteiger partial charge on any atom is -0.395 e. The number of β-amino-alcohol motifs (C(OH)–C–C–N with tert-alkyl or cyclic N) is 1. The molecule has 2 N–H and O–H groups in total. The van der Waals surface area contributed by atoms with E-state index >= 15 is 0 Å². The first kappa shape index (κ1) is 11.0. The van der Waals surface area contributed by atoms with E-state index in [1.165, 1.54) is 0 Å². The van der Waals surface area contributed by atoms with Gasteiger partial charge in [0.05, 0.1) is 6.61 Å². The number of amides is 1. The van der Waals surface area contributed by atoms with Crippen LogP contribution in [0.2, 0.25) is 0 Å². The van der Waals surface area contributed by atoms with E-state index in [-0.39, 0.29) is 12.5 Å². The Balaban J connectivity index is 2.43. The zero-order valence-electron chi connectivity index (χ0n) is 9.36. The average Bonchev–Trinajstić information content (AvgIpc) is 2.32. The SMILES string of the molecule is CNc1cccc2c1CCC(=O)N2CCO. The third kappa shape index (κ3) is 1.76. The van der Waals surface area contributed by atoms with Crippen LogP contribution in [0.5, 0.6) is 0 Å². The molecule has 1 amide bonds. The molecule has 1 heterocycles. The van der Waals surface area contributed by atoms with Crippen LogP contribution in [0.4, 0.5) is 11.4 Å². The van der Waals surface area contributed by atoms with Crippen molar-refractivity contribution < 1.29 is 9.90 Å². The molecule has 1 aliphatic heterocycles. The maximum atomic E-state index is 11.7. The van der Waals surface area contributed by atoms with Crippen LogP contribution in [0.15, 0.2) is 18.2 Å². The summed E-state index contributed by atoms with van der Waals surface area (Å²) in [6.07, 6.45) is 1.29. The van der Waals surface area contributed by atoms with Crippen LogP contribution in [0.25, 0.3) is 0 Å². The van der Waals surface area contributed by atoms with Crippen molar-refractivity contribution in [1.82, 2.24) is 0 Å². The van der Waals surface area contributed by atoms with Crippen LogP contribution >= 0.6 is 0 Å². The second kappa shape index (κ2) is 4.53. The summed E-state index contributed by atoms with van der Waals surface area (Å²) in [6.45, 7) is 0.369. The highest BCUT2D eigenvalue weighted by Gasteiger charge is 2.24. The van der Waals surface area contributed by atoms with Crippen LogP contribution in [0.1, 0.15) is 12.0 Å². The van der Waals surface area contributed by atoms with Crippen molar-refractivity contribution >= 4 is 17.3 Å². The van der Waals surface area contributed by atoms with Gasteiger partial charge >= 0.3 is 0 Å². The minimum atomic E-state index is -0.00500. The maximum absolute atomic E-state index is 11.7. The number of rotatable bonds is 3. The lowest BCUT2D eigenvalue weighted by molar-refractivity contribution is -0.119. The summed E-state index contributed by atoms with van der Waals surface area (Å²) in [6, 6.07) is 5.86. The minimum absolute atomic E-state index is 0.00500. The van der Waals surface area contributed by atoms with Gasteiger partial charge in [-0.2, -0.15) is 0 Å². The number of benzene rings is 1. The number of hydrogen-bond acceptors (Lipinski definition) is 3. The Morgan fingerprint density at radius 3 is 2.94 bits per heavy atom. The van der Waals surface area contributed by atoms with Gasteiger partial charge in [-0.15, -0.1) is 0 Å². The number of carbonyl (C=O) groups excluding carboxylic acids is 1. The predicted octanol–water partition coefficient (Wildman–Crippen LogP) is 1.000. The first-order chi connectivity index (χ1) is 7.77. The molecule has 1 aromatic rings. The van der Waals surface area contributed by atoms with E-state index in [9.17, 15) is 4.79 Å². The molecule has 2 rings (SSSR count). The Labute approximate surface area is 94.9 Å². The van der Waals surface area contributed by atoms with Crippen molar-refractivity contribution in [2.45, 2.75) is 12.8 Å². The first-order valence-electron chi connectivity index (χ1n) is 5.48. The van der Waals surface area contributed by atoms with Gasteiger partial charge in [-0.25, -0.2) is 0 Å². The molecule has 0 atom stereocenters. The molecule has 0 aliphatic carbocycles. The summed E-state index contributed by atoms with van der Waals surface area (Å²) < 4.78 is 0. The molecule has 0 spiro atoms. The van der Waals surface area contributed by atoms with Gasteiger partial charge in [0.15, 0.2) is 0 Å². The summed E-state index contributed by atoms with van der Waals surface area (Å²) in [7, 11) is 1.88. The molecule has 1 aromatic carbocycles. The molecule has 0 fully saturated rings. The van der Waals surface area contributed by atoms with Gasteiger partial charge in [0, 0.05) is 31.4 Å². The lowest BCUT2D eigenvalue weighted by Crippen LogP contribution is -2.37. The Morgan fingerprint density at radius 1 is 1.44 bits per heavy atom. The van der Waals surface area contributed by atoms with E-state index < -0.39 is 0 Å². The van der Waals surface area contributed by atoms with Gasteiger partial charge in [0.1, 0.15) is 0 Å². The molecular formula is C12H16N2O2. The Hall–Kier alpha value is -1.55. The number of fused-ring (bicyclic) bond motifs is 1. The molecular weight excluding hydrogens is 204 g/mol. The van der Waals surface area contributed by atoms with Gasteiger partial charge < -0.3 is 15.3 Å². The van der Waals surface area contributed by atoms with E-state index in [0.717, 1.165) is 23.4 Å². The van der Waals surface area contributed by atoms with E-state index in [2.05, 4.69) is 5.32 Å². The van der Waals surface area contributed by atoms with Crippen LogP contribution in [-0.4, -0.2) is 31.2 Å². The summed E-state index contributed by atoms with van der Waals surface area (Å²) in [5, 5.41) is 12.1. The number of nitrogens with one attached hydrogen (secondary N) is 1. The fraction of sp³-hybridized carbons (Fsp3) is 0.417. The topological polar surface area (TPSA) is 52.6 Å². The van der Waals surface area contributed by atoms with Crippen LogP contribution < -0.4 is 10.2 Å². The largest absolute Gasteiger partial charge is 0.395 e. The first-order valence-corrected chi connectivity index (χ1v) is 5.48. The zero-order chi connectivity index (χ0) is 11.5. The highest BCUT2D eigenvalue weighted by Crippen LogP contribution is 2.32. The number of nitrogens with zero attached hydrogens (tertiary/aromatic N) is 1. The van der Waals surface area contributed by atoms with Crippen molar-refractivity contribution in [3.63, 3.8) is 0 Å². The highest BCUT2D eigenvalue weighted by atomic mass is 16.3. The number of carbonyl (C=O) groups is 1. The van der Waals surface area contributed by atoms with Gasteiger partial charge in [-0.1, -0.05) is 6.07 Å². The van der Waals surface area contributed by atoms with Crippen molar-refractivity contribution in [3.8, 4) is 0 Å². The summed E-state index contributed by atoms with van der Waals surface area (Å²) >= 11 is 0. The monoisotopic (exact) mass is 220 g/mol. The number of anilines is 2. The normalized spacial score (nSPS) is 14.9. The van der Waals surface area contributed by atoms with Crippen molar-refractivity contribution in [2.24, 2.45) is 0 Å². The predicted molar refractivity (Wildman–Crippen MR) is 63.7 cm³/mol. The molecule has 0 radical (unpaired) electrons.